The highest BCUT2D eigenvalue weighted by Gasteiger charge is 2.16. The number of hydrogen-bond donors (Lipinski definition) is 1. The Hall–Kier alpha value is -1.85. The van der Waals surface area contributed by atoms with E-state index in [0.717, 1.165) is 39.6 Å². The second kappa shape index (κ2) is 9.74. The molecule has 0 saturated heterocycles. The smallest absolute Gasteiger partial charge is 0.139 e. The molecule has 0 fully saturated rings. The average Bonchev–Trinajstić information content (AvgIpc) is 2.64. The molecular weight excluding hydrogens is 416 g/mol. The highest BCUT2D eigenvalue weighted by Crippen LogP contribution is 2.27. The van der Waals surface area contributed by atoms with E-state index in [9.17, 15) is 4.79 Å². The van der Waals surface area contributed by atoms with Crippen molar-refractivity contribution < 1.29 is 9.53 Å². The van der Waals surface area contributed by atoms with Crippen LogP contribution in [0.25, 0.3) is 0 Å². The van der Waals surface area contributed by atoms with Gasteiger partial charge in [0.25, 0.3) is 0 Å². The van der Waals surface area contributed by atoms with Crippen LogP contribution in [0, 0.1) is 5.41 Å². The fourth-order valence-electron chi connectivity index (χ4n) is 2.88. The monoisotopic (exact) mass is 436 g/mol. The van der Waals surface area contributed by atoms with Crippen LogP contribution in [0.4, 0.5) is 0 Å². The van der Waals surface area contributed by atoms with E-state index in [2.05, 4.69) is 15.9 Å². The zero-order chi connectivity index (χ0) is 19.1. The number of ether oxygens (including phenoxy) is 1. The van der Waals surface area contributed by atoms with Crippen molar-refractivity contribution in [3.05, 3.63) is 62.6 Å². The van der Waals surface area contributed by atoms with Crippen LogP contribution in [0.15, 0.2) is 40.9 Å². The lowest BCUT2D eigenvalue weighted by atomic mass is 9.98. The summed E-state index contributed by atoms with van der Waals surface area (Å²) in [4.78, 5) is 12.6. The quantitative estimate of drug-likeness (QED) is 0.368. The number of carbonyl (C=O) groups is 1. The molecule has 0 aliphatic heterocycles. The van der Waals surface area contributed by atoms with Gasteiger partial charge < -0.3 is 14.4 Å². The van der Waals surface area contributed by atoms with Crippen LogP contribution < -0.4 is 4.74 Å². The molecule has 2 rings (SSSR count). The number of nitrogens with zero attached hydrogens (tertiary/aromatic N) is 1. The van der Waals surface area contributed by atoms with E-state index < -0.39 is 0 Å². The van der Waals surface area contributed by atoms with Crippen molar-refractivity contribution in [3.63, 3.8) is 0 Å². The largest absolute Gasteiger partial charge is 0.496 e. The number of methoxy groups -OCH3 is 1. The van der Waals surface area contributed by atoms with Gasteiger partial charge in [0.1, 0.15) is 17.9 Å². The first-order valence-electron chi connectivity index (χ1n) is 8.39. The molecule has 2 aromatic carbocycles. The molecule has 0 saturated carbocycles. The summed E-state index contributed by atoms with van der Waals surface area (Å²) in [7, 11) is 1.65. The normalized spacial score (nSPS) is 10.5. The van der Waals surface area contributed by atoms with E-state index in [4.69, 9.17) is 21.7 Å². The second-order valence-corrected chi connectivity index (χ2v) is 7.10. The summed E-state index contributed by atoms with van der Waals surface area (Å²) in [6.07, 6.45) is 2.21. The predicted molar refractivity (Wildman–Crippen MR) is 110 cm³/mol. The lowest BCUT2D eigenvalue weighted by molar-refractivity contribution is -0.108. The molecule has 0 amide bonds. The summed E-state index contributed by atoms with van der Waals surface area (Å²) >= 11 is 9.94. The van der Waals surface area contributed by atoms with E-state index in [1.54, 1.807) is 12.0 Å². The van der Waals surface area contributed by atoms with Crippen LogP contribution in [0.2, 0.25) is 5.02 Å². The van der Waals surface area contributed by atoms with Crippen molar-refractivity contribution in [1.82, 2.24) is 4.90 Å². The second-order valence-electron chi connectivity index (χ2n) is 5.78. The van der Waals surface area contributed by atoms with Gasteiger partial charge in [-0.2, -0.15) is 0 Å². The third-order valence-electron chi connectivity index (χ3n) is 4.25. The Morgan fingerprint density at radius 3 is 2.73 bits per heavy atom. The summed E-state index contributed by atoms with van der Waals surface area (Å²) in [5, 5.41) is 9.13. The molecule has 0 bridgehead atoms. The standard InChI is InChI=1S/C20H22BrClN2O2/c1-3-24(11-12-25)20(23)17-5-4-6-18(22)16(17)9-7-14-13-15(21)8-10-19(14)26-2/h4-6,8,10,12-13,23H,3,7,9,11H2,1-2H3. The Morgan fingerprint density at radius 2 is 2.08 bits per heavy atom. The first-order valence-corrected chi connectivity index (χ1v) is 9.56. The van der Waals surface area contributed by atoms with E-state index >= 15 is 0 Å². The predicted octanol–water partition coefficient (Wildman–Crippen LogP) is 4.74. The third kappa shape index (κ3) is 4.86. The van der Waals surface area contributed by atoms with Gasteiger partial charge >= 0.3 is 0 Å². The number of nitrogens with one attached hydrogen (secondary N) is 1. The van der Waals surface area contributed by atoms with Gasteiger partial charge in [0.05, 0.1) is 13.7 Å². The number of carbonyl (C=O) groups excluding carboxylic acids is 1. The summed E-state index contributed by atoms with van der Waals surface area (Å²) < 4.78 is 6.43. The molecule has 0 aliphatic rings. The van der Waals surface area contributed by atoms with Crippen molar-refractivity contribution in [1.29, 1.82) is 5.41 Å². The van der Waals surface area contributed by atoms with Gasteiger partial charge in [0.2, 0.25) is 0 Å². The molecular formula is C20H22BrClN2O2. The number of amidine groups is 1. The van der Waals surface area contributed by atoms with Crippen LogP contribution in [-0.4, -0.2) is 37.2 Å². The lowest BCUT2D eigenvalue weighted by Crippen LogP contribution is -2.33. The molecule has 26 heavy (non-hydrogen) atoms. The highest BCUT2D eigenvalue weighted by atomic mass is 79.9. The van der Waals surface area contributed by atoms with Crippen molar-refractivity contribution in [2.24, 2.45) is 0 Å². The number of benzene rings is 2. The van der Waals surface area contributed by atoms with Crippen molar-refractivity contribution in [3.8, 4) is 5.75 Å². The number of aryl methyl sites for hydroxylation is 1. The van der Waals surface area contributed by atoms with Gasteiger partial charge in [-0.3, -0.25) is 5.41 Å². The topological polar surface area (TPSA) is 53.4 Å². The molecule has 2 aromatic rings. The number of aldehydes is 1. The SMILES string of the molecule is CCN(CC=O)C(=N)c1cccc(Cl)c1CCc1cc(Br)ccc1OC. The molecule has 0 heterocycles. The Morgan fingerprint density at radius 1 is 1.31 bits per heavy atom. The zero-order valence-electron chi connectivity index (χ0n) is 14.9. The molecule has 4 nitrogen and oxygen atoms in total. The maximum atomic E-state index is 10.9. The Bertz CT molecular complexity index is 795. The highest BCUT2D eigenvalue weighted by molar-refractivity contribution is 9.10. The first-order chi connectivity index (χ1) is 12.5. The minimum atomic E-state index is 0.195. The maximum absolute atomic E-state index is 10.9. The molecule has 0 aliphatic carbocycles. The van der Waals surface area contributed by atoms with Crippen molar-refractivity contribution >= 4 is 39.7 Å². The zero-order valence-corrected chi connectivity index (χ0v) is 17.2. The lowest BCUT2D eigenvalue weighted by Gasteiger charge is -2.23. The molecule has 0 radical (unpaired) electrons. The fraction of sp³-hybridized carbons (Fsp3) is 0.300. The fourth-order valence-corrected chi connectivity index (χ4v) is 3.55. The third-order valence-corrected chi connectivity index (χ3v) is 5.10. The number of likely N-dealkylation sites (N-methyl/N-ethyl adjacent to an activating group) is 1. The molecule has 6 heteroatoms. The van der Waals surface area contributed by atoms with Crippen LogP contribution in [0.1, 0.15) is 23.6 Å². The number of halogens is 2. The molecule has 0 aromatic heterocycles. The van der Waals surface area contributed by atoms with Crippen LogP contribution in [0.5, 0.6) is 5.75 Å². The van der Waals surface area contributed by atoms with Gasteiger partial charge in [0.15, 0.2) is 0 Å². The van der Waals surface area contributed by atoms with Crippen molar-refractivity contribution in [2.75, 3.05) is 20.2 Å². The molecule has 0 spiro atoms. The number of hydrogen-bond acceptors (Lipinski definition) is 3. The van der Waals surface area contributed by atoms with Gasteiger partial charge in [-0.25, -0.2) is 0 Å². The van der Waals surface area contributed by atoms with Crippen LogP contribution in [-0.2, 0) is 17.6 Å². The molecule has 1 N–H and O–H groups in total. The van der Waals surface area contributed by atoms with E-state index in [-0.39, 0.29) is 6.54 Å². The Kier molecular flexibility index (Phi) is 7.66. The van der Waals surface area contributed by atoms with Crippen molar-refractivity contribution in [2.45, 2.75) is 19.8 Å². The maximum Gasteiger partial charge on any atom is 0.139 e. The van der Waals surface area contributed by atoms with E-state index in [1.807, 2.05) is 43.3 Å². The summed E-state index contributed by atoms with van der Waals surface area (Å²) in [5.41, 5.74) is 2.74. The summed E-state index contributed by atoms with van der Waals surface area (Å²) in [6.45, 7) is 2.71. The van der Waals surface area contributed by atoms with Gasteiger partial charge in [-0.15, -0.1) is 0 Å². The van der Waals surface area contributed by atoms with Crippen LogP contribution in [0.3, 0.4) is 0 Å². The molecule has 138 valence electrons. The Balaban J connectivity index is 2.31. The number of rotatable bonds is 8. The van der Waals surface area contributed by atoms with Gasteiger partial charge in [-0.1, -0.05) is 39.7 Å². The van der Waals surface area contributed by atoms with E-state index in [0.29, 0.717) is 23.8 Å². The minimum Gasteiger partial charge on any atom is -0.496 e. The van der Waals surface area contributed by atoms with Crippen LogP contribution >= 0.6 is 27.5 Å². The molecule has 0 unspecified atom stereocenters. The Labute approximate surface area is 167 Å². The minimum absolute atomic E-state index is 0.195. The van der Waals surface area contributed by atoms with E-state index in [1.165, 1.54) is 0 Å². The first kappa shape index (κ1) is 20.5. The molecule has 0 atom stereocenters. The van der Waals surface area contributed by atoms with Gasteiger partial charge in [0, 0.05) is 21.6 Å². The average molecular weight is 438 g/mol. The summed E-state index contributed by atoms with van der Waals surface area (Å²) in [6, 6.07) is 11.5. The summed E-state index contributed by atoms with van der Waals surface area (Å²) in [5.74, 6) is 1.14. The van der Waals surface area contributed by atoms with Gasteiger partial charge in [-0.05, 0) is 55.2 Å².